The van der Waals surface area contributed by atoms with Gasteiger partial charge in [-0.05, 0) is 47.6 Å². The maximum atomic E-state index is 13.3. The average molecular weight is 511 g/mol. The van der Waals surface area contributed by atoms with Crippen LogP contribution >= 0.6 is 0 Å². The molecule has 194 valence electrons. The van der Waals surface area contributed by atoms with Gasteiger partial charge in [0.15, 0.2) is 0 Å². The minimum absolute atomic E-state index is 0.0124. The highest BCUT2D eigenvalue weighted by Crippen LogP contribution is 2.29. The molecule has 2 atom stereocenters. The van der Waals surface area contributed by atoms with Crippen LogP contribution < -0.4 is 0 Å². The molecule has 0 aromatic heterocycles. The number of amides is 4. The Morgan fingerprint density at radius 3 is 2.03 bits per heavy atom. The molecule has 1 unspecified atom stereocenters. The van der Waals surface area contributed by atoms with Gasteiger partial charge in [-0.3, -0.25) is 19.3 Å². The molecule has 0 saturated carbocycles. The molecule has 7 heteroatoms. The second-order valence-electron chi connectivity index (χ2n) is 10.1. The molecule has 5 rings (SSSR count). The van der Waals surface area contributed by atoms with Crippen LogP contribution in [0.4, 0.5) is 4.79 Å². The van der Waals surface area contributed by atoms with Crippen LogP contribution in [-0.2, 0) is 16.0 Å². The molecule has 1 fully saturated rings. The number of carbonyl (C=O) groups is 4. The van der Waals surface area contributed by atoms with E-state index < -0.39 is 12.1 Å². The predicted octanol–water partition coefficient (Wildman–Crippen LogP) is 5.34. The van der Waals surface area contributed by atoms with E-state index in [1.807, 2.05) is 68.4 Å². The summed E-state index contributed by atoms with van der Waals surface area (Å²) in [5.74, 6) is -1.01. The first kappa shape index (κ1) is 25.4. The van der Waals surface area contributed by atoms with Crippen molar-refractivity contribution in [2.45, 2.75) is 45.2 Å². The lowest BCUT2D eigenvalue weighted by molar-refractivity contribution is -0.130. The summed E-state index contributed by atoms with van der Waals surface area (Å²) in [6.45, 7) is 4.05. The lowest BCUT2D eigenvalue weighted by Gasteiger charge is -2.28. The minimum atomic E-state index is -0.637. The van der Waals surface area contributed by atoms with Crippen LogP contribution in [0.25, 0.3) is 11.1 Å². The average Bonchev–Trinajstić information content (AvgIpc) is 3.44. The molecule has 3 aromatic rings. The maximum absolute atomic E-state index is 13.3. The topological polar surface area (TPSA) is 84.0 Å². The Balaban J connectivity index is 1.38. The second kappa shape index (κ2) is 10.6. The van der Waals surface area contributed by atoms with Crippen LogP contribution in [0.15, 0.2) is 78.9 Å². The van der Waals surface area contributed by atoms with E-state index in [4.69, 9.17) is 4.74 Å². The second-order valence-corrected chi connectivity index (χ2v) is 10.1. The summed E-state index contributed by atoms with van der Waals surface area (Å²) >= 11 is 0. The molecule has 0 N–H and O–H groups in total. The summed E-state index contributed by atoms with van der Waals surface area (Å²) in [6, 6.07) is 23.9. The molecule has 2 heterocycles. The van der Waals surface area contributed by atoms with Crippen molar-refractivity contribution in [3.05, 3.63) is 95.6 Å². The van der Waals surface area contributed by atoms with Crippen molar-refractivity contribution in [1.29, 1.82) is 0 Å². The third kappa shape index (κ3) is 4.84. The van der Waals surface area contributed by atoms with Crippen molar-refractivity contribution in [2.75, 3.05) is 6.61 Å². The Kier molecular flexibility index (Phi) is 7.09. The number of nitrogens with zero attached hydrogens (tertiary/aromatic N) is 2. The van der Waals surface area contributed by atoms with Crippen LogP contribution in [0.1, 0.15) is 53.0 Å². The Hall–Kier alpha value is -4.26. The van der Waals surface area contributed by atoms with Gasteiger partial charge >= 0.3 is 6.09 Å². The Morgan fingerprint density at radius 2 is 1.42 bits per heavy atom. The van der Waals surface area contributed by atoms with Crippen molar-refractivity contribution in [2.24, 2.45) is 5.92 Å². The third-order valence-electron chi connectivity index (χ3n) is 7.36. The Morgan fingerprint density at radius 1 is 0.842 bits per heavy atom. The van der Waals surface area contributed by atoms with Crippen molar-refractivity contribution in [1.82, 2.24) is 9.80 Å². The number of rotatable bonds is 8. The monoisotopic (exact) mass is 510 g/mol. The normalized spacial score (nSPS) is 17.7. The zero-order valence-electron chi connectivity index (χ0n) is 21.5. The lowest BCUT2D eigenvalue weighted by Crippen LogP contribution is -2.44. The van der Waals surface area contributed by atoms with Crippen molar-refractivity contribution in [3.8, 4) is 11.1 Å². The Labute approximate surface area is 222 Å². The number of hydrogen-bond donors (Lipinski definition) is 0. The third-order valence-corrected chi connectivity index (χ3v) is 7.36. The van der Waals surface area contributed by atoms with E-state index in [0.29, 0.717) is 17.5 Å². The number of imide groups is 2. The first-order valence-electron chi connectivity index (χ1n) is 12.9. The molecule has 2 aliphatic heterocycles. The van der Waals surface area contributed by atoms with E-state index in [2.05, 4.69) is 0 Å². The Bertz CT molecular complexity index is 1330. The molecular weight excluding hydrogens is 480 g/mol. The fourth-order valence-electron chi connectivity index (χ4n) is 5.22. The van der Waals surface area contributed by atoms with Crippen LogP contribution in [0.2, 0.25) is 0 Å². The molecule has 2 aliphatic rings. The van der Waals surface area contributed by atoms with E-state index in [-0.39, 0.29) is 49.1 Å². The molecule has 0 bridgehead atoms. The fourth-order valence-corrected chi connectivity index (χ4v) is 5.22. The number of ether oxygens (including phenoxy) is 1. The summed E-state index contributed by atoms with van der Waals surface area (Å²) in [5, 5.41) is 0. The number of hydrogen-bond acceptors (Lipinski definition) is 5. The predicted molar refractivity (Wildman–Crippen MR) is 142 cm³/mol. The summed E-state index contributed by atoms with van der Waals surface area (Å²) in [7, 11) is 0. The lowest BCUT2D eigenvalue weighted by atomic mass is 9.97. The van der Waals surface area contributed by atoms with Gasteiger partial charge in [-0.15, -0.1) is 0 Å². The molecule has 38 heavy (non-hydrogen) atoms. The molecule has 4 amide bonds. The standard InChI is InChI=1S/C31H30N2O5/c1-20(2)27-19-38-31(37)33(27)28(34)17-16-24(32-29(35)25-10-6-7-11-26(25)30(32)36)18-21-12-14-23(15-13-21)22-8-4-3-5-9-22/h3-15,20,24,27H,16-19H2,1-2H3/t24-,27?/m0/s1. The van der Waals surface area contributed by atoms with Crippen LogP contribution in [0, 0.1) is 5.92 Å². The van der Waals surface area contributed by atoms with E-state index in [9.17, 15) is 19.2 Å². The number of benzene rings is 3. The van der Waals surface area contributed by atoms with Gasteiger partial charge in [-0.25, -0.2) is 9.69 Å². The first-order valence-corrected chi connectivity index (χ1v) is 12.9. The van der Waals surface area contributed by atoms with E-state index in [0.717, 1.165) is 16.7 Å². The van der Waals surface area contributed by atoms with Gasteiger partial charge in [0.25, 0.3) is 11.8 Å². The molecule has 7 nitrogen and oxygen atoms in total. The first-order chi connectivity index (χ1) is 18.3. The molecule has 1 saturated heterocycles. The zero-order chi connectivity index (χ0) is 26.8. The van der Waals surface area contributed by atoms with Crippen LogP contribution in [-0.4, -0.2) is 52.3 Å². The molecule has 0 radical (unpaired) electrons. The van der Waals surface area contributed by atoms with Gasteiger partial charge in [0, 0.05) is 12.5 Å². The highest BCUT2D eigenvalue weighted by Gasteiger charge is 2.42. The molecular formula is C31H30N2O5. The van der Waals surface area contributed by atoms with Gasteiger partial charge in [-0.2, -0.15) is 0 Å². The largest absolute Gasteiger partial charge is 0.447 e. The number of carbonyl (C=O) groups excluding carboxylic acids is 4. The van der Waals surface area contributed by atoms with E-state index in [1.54, 1.807) is 24.3 Å². The van der Waals surface area contributed by atoms with Gasteiger partial charge in [0.05, 0.1) is 17.2 Å². The number of fused-ring (bicyclic) bond motifs is 1. The minimum Gasteiger partial charge on any atom is -0.447 e. The molecule has 0 spiro atoms. The summed E-state index contributed by atoms with van der Waals surface area (Å²) in [4.78, 5) is 54.5. The molecule has 0 aliphatic carbocycles. The summed E-state index contributed by atoms with van der Waals surface area (Å²) < 4.78 is 5.13. The van der Waals surface area contributed by atoms with Crippen LogP contribution in [0.3, 0.4) is 0 Å². The highest BCUT2D eigenvalue weighted by atomic mass is 16.6. The van der Waals surface area contributed by atoms with Gasteiger partial charge < -0.3 is 4.74 Å². The van der Waals surface area contributed by atoms with E-state index in [1.165, 1.54) is 9.80 Å². The highest BCUT2D eigenvalue weighted by molar-refractivity contribution is 6.21. The van der Waals surface area contributed by atoms with Crippen LogP contribution in [0.5, 0.6) is 0 Å². The van der Waals surface area contributed by atoms with Gasteiger partial charge in [0.1, 0.15) is 6.61 Å². The van der Waals surface area contributed by atoms with E-state index >= 15 is 0 Å². The van der Waals surface area contributed by atoms with Gasteiger partial charge in [-0.1, -0.05) is 80.6 Å². The van der Waals surface area contributed by atoms with Crippen molar-refractivity contribution in [3.63, 3.8) is 0 Å². The molecule has 3 aromatic carbocycles. The van der Waals surface area contributed by atoms with Crippen molar-refractivity contribution < 1.29 is 23.9 Å². The smallest absolute Gasteiger partial charge is 0.416 e. The number of cyclic esters (lactones) is 1. The summed E-state index contributed by atoms with van der Waals surface area (Å²) in [6.07, 6.45) is 0.00597. The van der Waals surface area contributed by atoms with Crippen molar-refractivity contribution >= 4 is 23.8 Å². The fraction of sp³-hybridized carbons (Fsp3) is 0.290. The zero-order valence-corrected chi connectivity index (χ0v) is 21.5. The maximum Gasteiger partial charge on any atom is 0.416 e. The summed E-state index contributed by atoms with van der Waals surface area (Å²) in [5.41, 5.74) is 3.85. The SMILES string of the molecule is CC(C)C1COC(=O)N1C(=O)CC[C@@H](Cc1ccc(-c2ccccc2)cc1)N1C(=O)c2ccccc2C1=O. The quantitative estimate of drug-likeness (QED) is 0.382. The van der Waals surface area contributed by atoms with Gasteiger partial charge in [0.2, 0.25) is 5.91 Å².